The molecule has 1 aromatic carbocycles. The van der Waals surface area contributed by atoms with Gasteiger partial charge in [0.25, 0.3) is 0 Å². The van der Waals surface area contributed by atoms with Crippen molar-refractivity contribution in [2.45, 2.75) is 19.6 Å². The predicted octanol–water partition coefficient (Wildman–Crippen LogP) is 1.54. The maximum atomic E-state index is 5.36. The third-order valence-corrected chi connectivity index (χ3v) is 3.41. The fourth-order valence-electron chi connectivity index (χ4n) is 2.46. The minimum atomic E-state index is 0. The summed E-state index contributed by atoms with van der Waals surface area (Å²) >= 11 is 0. The van der Waals surface area contributed by atoms with Crippen molar-refractivity contribution in [3.8, 4) is 0 Å². The third-order valence-electron chi connectivity index (χ3n) is 3.41. The summed E-state index contributed by atoms with van der Waals surface area (Å²) < 4.78 is 5.36. The van der Waals surface area contributed by atoms with Crippen LogP contribution in [0, 0.1) is 0 Å². The van der Waals surface area contributed by atoms with E-state index in [1.54, 1.807) is 0 Å². The second-order valence-corrected chi connectivity index (χ2v) is 4.60. The van der Waals surface area contributed by atoms with Crippen molar-refractivity contribution in [3.63, 3.8) is 0 Å². The number of nitrogens with zero attached hydrogens (tertiary/aromatic N) is 1. The number of ether oxygens (including phenoxy) is 1. The van der Waals surface area contributed by atoms with Gasteiger partial charge in [-0.15, -0.1) is 12.4 Å². The zero-order valence-electron chi connectivity index (χ0n) is 9.95. The molecule has 0 radical (unpaired) electrons. The van der Waals surface area contributed by atoms with Crippen LogP contribution in [0.4, 0.5) is 0 Å². The molecule has 0 bridgehead atoms. The van der Waals surface area contributed by atoms with Crippen LogP contribution in [-0.4, -0.2) is 31.2 Å². The van der Waals surface area contributed by atoms with Crippen molar-refractivity contribution >= 4 is 12.4 Å². The molecule has 4 heteroatoms. The van der Waals surface area contributed by atoms with Crippen LogP contribution in [0.3, 0.4) is 0 Å². The molecule has 0 atom stereocenters. The first-order valence-corrected chi connectivity index (χ1v) is 6.03. The highest BCUT2D eigenvalue weighted by molar-refractivity contribution is 5.85. The van der Waals surface area contributed by atoms with E-state index in [1.807, 2.05) is 0 Å². The Kier molecular flexibility index (Phi) is 4.40. The van der Waals surface area contributed by atoms with Gasteiger partial charge in [0.05, 0.1) is 13.2 Å². The fraction of sp³-hybridized carbons (Fsp3) is 0.538. The van der Waals surface area contributed by atoms with E-state index < -0.39 is 0 Å². The van der Waals surface area contributed by atoms with Crippen LogP contribution in [-0.2, 0) is 24.4 Å². The Balaban J connectivity index is 0.00000108. The van der Waals surface area contributed by atoms with Gasteiger partial charge in [0.15, 0.2) is 0 Å². The van der Waals surface area contributed by atoms with E-state index in [0.717, 1.165) is 45.9 Å². The molecule has 0 spiro atoms. The lowest BCUT2D eigenvalue weighted by Crippen LogP contribution is -2.35. The Morgan fingerprint density at radius 3 is 2.71 bits per heavy atom. The van der Waals surface area contributed by atoms with Crippen LogP contribution >= 0.6 is 12.4 Å². The molecule has 2 aliphatic rings. The van der Waals surface area contributed by atoms with Crippen LogP contribution in [0.15, 0.2) is 18.2 Å². The average molecular weight is 255 g/mol. The van der Waals surface area contributed by atoms with Crippen molar-refractivity contribution in [1.29, 1.82) is 0 Å². The summed E-state index contributed by atoms with van der Waals surface area (Å²) in [5.41, 5.74) is 4.38. The predicted molar refractivity (Wildman–Crippen MR) is 70.3 cm³/mol. The summed E-state index contributed by atoms with van der Waals surface area (Å²) in [4.78, 5) is 2.47. The Bertz CT molecular complexity index is 378. The number of halogens is 1. The first-order valence-electron chi connectivity index (χ1n) is 6.03. The first-order chi connectivity index (χ1) is 7.92. The van der Waals surface area contributed by atoms with Crippen LogP contribution < -0.4 is 5.32 Å². The molecule has 0 aliphatic carbocycles. The summed E-state index contributed by atoms with van der Waals surface area (Å²) in [7, 11) is 0. The van der Waals surface area contributed by atoms with E-state index in [4.69, 9.17) is 4.74 Å². The van der Waals surface area contributed by atoms with Gasteiger partial charge in [-0.1, -0.05) is 18.2 Å². The molecule has 2 aliphatic heterocycles. The van der Waals surface area contributed by atoms with E-state index in [2.05, 4.69) is 28.4 Å². The lowest BCUT2D eigenvalue weighted by atomic mass is 10.1. The largest absolute Gasteiger partial charge is 0.379 e. The summed E-state index contributed by atoms with van der Waals surface area (Å²) in [5, 5.41) is 3.38. The van der Waals surface area contributed by atoms with Gasteiger partial charge in [0, 0.05) is 32.7 Å². The third kappa shape index (κ3) is 2.99. The molecule has 3 rings (SSSR count). The number of benzene rings is 1. The zero-order chi connectivity index (χ0) is 10.8. The minimum Gasteiger partial charge on any atom is -0.379 e. The standard InChI is InChI=1S/C13H18N2O.ClH/c1-2-12-8-14-9-13(12)7-11(1)10-15-3-5-16-6-4-15;/h1-2,7,14H,3-6,8-10H2;1H. The minimum absolute atomic E-state index is 0. The quantitative estimate of drug-likeness (QED) is 0.867. The molecule has 1 N–H and O–H groups in total. The van der Waals surface area contributed by atoms with Crippen molar-refractivity contribution in [1.82, 2.24) is 10.2 Å². The normalized spacial score (nSPS) is 19.8. The Morgan fingerprint density at radius 1 is 1.12 bits per heavy atom. The molecule has 0 aromatic heterocycles. The van der Waals surface area contributed by atoms with Crippen LogP contribution in [0.1, 0.15) is 16.7 Å². The highest BCUT2D eigenvalue weighted by Crippen LogP contribution is 2.18. The molecule has 1 fully saturated rings. The Morgan fingerprint density at radius 2 is 1.88 bits per heavy atom. The van der Waals surface area contributed by atoms with Crippen molar-refractivity contribution < 1.29 is 4.74 Å². The molecule has 1 saturated heterocycles. The van der Waals surface area contributed by atoms with E-state index in [1.165, 1.54) is 16.7 Å². The molecule has 17 heavy (non-hydrogen) atoms. The van der Waals surface area contributed by atoms with Gasteiger partial charge in [-0.05, 0) is 16.7 Å². The maximum Gasteiger partial charge on any atom is 0.0594 e. The van der Waals surface area contributed by atoms with Crippen molar-refractivity contribution in [2.75, 3.05) is 26.3 Å². The van der Waals surface area contributed by atoms with Crippen LogP contribution in [0.25, 0.3) is 0 Å². The van der Waals surface area contributed by atoms with E-state index >= 15 is 0 Å². The SMILES string of the molecule is Cl.c1cc2c(cc1CN1CCOCC1)CNC2. The zero-order valence-corrected chi connectivity index (χ0v) is 10.8. The fourth-order valence-corrected chi connectivity index (χ4v) is 2.46. The highest BCUT2D eigenvalue weighted by atomic mass is 35.5. The van der Waals surface area contributed by atoms with E-state index in [0.29, 0.717) is 0 Å². The number of morpholine rings is 1. The van der Waals surface area contributed by atoms with Gasteiger partial charge in [0.2, 0.25) is 0 Å². The Labute approximate surface area is 109 Å². The molecule has 0 amide bonds. The summed E-state index contributed by atoms with van der Waals surface area (Å²) in [6.07, 6.45) is 0. The topological polar surface area (TPSA) is 24.5 Å². The second-order valence-electron chi connectivity index (χ2n) is 4.60. The van der Waals surface area contributed by atoms with Gasteiger partial charge in [0.1, 0.15) is 0 Å². The van der Waals surface area contributed by atoms with E-state index in [9.17, 15) is 0 Å². The summed E-state index contributed by atoms with van der Waals surface area (Å²) in [6.45, 7) is 7.03. The molecule has 0 unspecified atom stereocenters. The molecular weight excluding hydrogens is 236 g/mol. The van der Waals surface area contributed by atoms with Crippen molar-refractivity contribution in [3.05, 3.63) is 34.9 Å². The van der Waals surface area contributed by atoms with Gasteiger partial charge in [-0.2, -0.15) is 0 Å². The number of hydrogen-bond donors (Lipinski definition) is 1. The molecule has 94 valence electrons. The Hall–Kier alpha value is -0.610. The maximum absolute atomic E-state index is 5.36. The molecule has 3 nitrogen and oxygen atoms in total. The first kappa shape index (κ1) is 12.8. The lowest BCUT2D eigenvalue weighted by molar-refractivity contribution is 0.0342. The molecule has 0 saturated carbocycles. The molecule has 1 aromatic rings. The summed E-state index contributed by atoms with van der Waals surface area (Å²) in [6, 6.07) is 6.89. The van der Waals surface area contributed by atoms with Gasteiger partial charge >= 0.3 is 0 Å². The lowest BCUT2D eigenvalue weighted by Gasteiger charge is -2.26. The smallest absolute Gasteiger partial charge is 0.0594 e. The highest BCUT2D eigenvalue weighted by Gasteiger charge is 2.13. The average Bonchev–Trinajstić information content (AvgIpc) is 2.77. The van der Waals surface area contributed by atoms with Gasteiger partial charge in [-0.3, -0.25) is 4.90 Å². The van der Waals surface area contributed by atoms with Crippen LogP contribution in [0.5, 0.6) is 0 Å². The molecule has 2 heterocycles. The monoisotopic (exact) mass is 254 g/mol. The number of rotatable bonds is 2. The number of nitrogens with one attached hydrogen (secondary N) is 1. The van der Waals surface area contributed by atoms with Gasteiger partial charge in [-0.25, -0.2) is 0 Å². The van der Waals surface area contributed by atoms with Crippen LogP contribution in [0.2, 0.25) is 0 Å². The summed E-state index contributed by atoms with van der Waals surface area (Å²) in [5.74, 6) is 0. The van der Waals surface area contributed by atoms with E-state index in [-0.39, 0.29) is 12.4 Å². The van der Waals surface area contributed by atoms with Gasteiger partial charge < -0.3 is 10.1 Å². The van der Waals surface area contributed by atoms with Crippen molar-refractivity contribution in [2.24, 2.45) is 0 Å². The number of fused-ring (bicyclic) bond motifs is 1. The second kappa shape index (κ2) is 5.83. The molecular formula is C13H19ClN2O. The number of hydrogen-bond acceptors (Lipinski definition) is 3.